The minimum absolute atomic E-state index is 0.00751. The SMILES string of the molecule is CCN[C@H](C)CNC(=O)CCCOc1ccccc1F. The zero-order valence-corrected chi connectivity index (χ0v) is 12.1. The van der Waals surface area contributed by atoms with E-state index in [1.54, 1.807) is 18.2 Å². The number of halogens is 1. The Labute approximate surface area is 119 Å². The second-order valence-corrected chi connectivity index (χ2v) is 4.65. The Morgan fingerprint density at radius 1 is 1.40 bits per heavy atom. The van der Waals surface area contributed by atoms with Crippen molar-refractivity contribution < 1.29 is 13.9 Å². The van der Waals surface area contributed by atoms with Gasteiger partial charge < -0.3 is 15.4 Å². The summed E-state index contributed by atoms with van der Waals surface area (Å²) >= 11 is 0. The highest BCUT2D eigenvalue weighted by molar-refractivity contribution is 5.75. The average molecular weight is 282 g/mol. The number of hydrogen-bond acceptors (Lipinski definition) is 3. The molecule has 0 saturated carbocycles. The molecule has 0 unspecified atom stereocenters. The maximum absolute atomic E-state index is 13.2. The summed E-state index contributed by atoms with van der Waals surface area (Å²) in [7, 11) is 0. The van der Waals surface area contributed by atoms with Crippen LogP contribution in [0.1, 0.15) is 26.7 Å². The molecular formula is C15H23FN2O2. The molecule has 0 heterocycles. The second kappa shape index (κ2) is 9.31. The number of likely N-dealkylation sites (N-methyl/N-ethyl adjacent to an activating group) is 1. The molecule has 0 saturated heterocycles. The van der Waals surface area contributed by atoms with Crippen molar-refractivity contribution in [3.8, 4) is 5.75 Å². The van der Waals surface area contributed by atoms with Crippen LogP contribution in [0.5, 0.6) is 5.75 Å². The largest absolute Gasteiger partial charge is 0.491 e. The van der Waals surface area contributed by atoms with Crippen molar-refractivity contribution >= 4 is 5.91 Å². The molecule has 0 aliphatic rings. The molecule has 0 bridgehead atoms. The first-order chi connectivity index (χ1) is 9.63. The number of carbonyl (C=O) groups is 1. The number of para-hydroxylation sites is 1. The van der Waals surface area contributed by atoms with Gasteiger partial charge in [0.25, 0.3) is 0 Å². The Balaban J connectivity index is 2.12. The van der Waals surface area contributed by atoms with Crippen molar-refractivity contribution in [2.24, 2.45) is 0 Å². The minimum Gasteiger partial charge on any atom is -0.491 e. The summed E-state index contributed by atoms with van der Waals surface area (Å²) in [5.41, 5.74) is 0. The summed E-state index contributed by atoms with van der Waals surface area (Å²) in [6.45, 7) is 5.87. The molecule has 1 aromatic rings. The standard InChI is InChI=1S/C15H23FN2O2/c1-3-17-12(2)11-18-15(19)9-6-10-20-14-8-5-4-7-13(14)16/h4-5,7-8,12,17H,3,6,9-11H2,1-2H3,(H,18,19)/t12-/m1/s1. The second-order valence-electron chi connectivity index (χ2n) is 4.65. The summed E-state index contributed by atoms with van der Waals surface area (Å²) in [4.78, 5) is 11.6. The summed E-state index contributed by atoms with van der Waals surface area (Å²) < 4.78 is 18.5. The minimum atomic E-state index is -0.378. The van der Waals surface area contributed by atoms with E-state index in [0.29, 0.717) is 26.0 Å². The average Bonchev–Trinajstić information content (AvgIpc) is 2.43. The molecule has 1 rings (SSSR count). The summed E-state index contributed by atoms with van der Waals surface area (Å²) in [5.74, 6) is -0.156. The number of hydrogen-bond donors (Lipinski definition) is 2. The molecule has 20 heavy (non-hydrogen) atoms. The zero-order chi connectivity index (χ0) is 14.8. The predicted molar refractivity (Wildman–Crippen MR) is 77.3 cm³/mol. The number of benzene rings is 1. The highest BCUT2D eigenvalue weighted by Crippen LogP contribution is 2.15. The smallest absolute Gasteiger partial charge is 0.220 e. The first-order valence-corrected chi connectivity index (χ1v) is 7.01. The van der Waals surface area contributed by atoms with Gasteiger partial charge in [0, 0.05) is 19.0 Å². The van der Waals surface area contributed by atoms with Gasteiger partial charge in [-0.15, -0.1) is 0 Å². The quantitative estimate of drug-likeness (QED) is 0.682. The van der Waals surface area contributed by atoms with Gasteiger partial charge in [0.1, 0.15) is 0 Å². The van der Waals surface area contributed by atoms with Gasteiger partial charge in [0.05, 0.1) is 6.61 Å². The van der Waals surface area contributed by atoms with E-state index in [2.05, 4.69) is 10.6 Å². The monoisotopic (exact) mass is 282 g/mol. The molecule has 0 radical (unpaired) electrons. The lowest BCUT2D eigenvalue weighted by molar-refractivity contribution is -0.121. The van der Waals surface area contributed by atoms with Crippen LogP contribution < -0.4 is 15.4 Å². The number of carbonyl (C=O) groups excluding carboxylic acids is 1. The van der Waals surface area contributed by atoms with Crippen LogP contribution in [0.4, 0.5) is 4.39 Å². The molecule has 1 atom stereocenters. The van der Waals surface area contributed by atoms with E-state index >= 15 is 0 Å². The van der Waals surface area contributed by atoms with E-state index in [9.17, 15) is 9.18 Å². The lowest BCUT2D eigenvalue weighted by Crippen LogP contribution is -2.38. The first-order valence-electron chi connectivity index (χ1n) is 7.01. The van der Waals surface area contributed by atoms with E-state index in [1.165, 1.54) is 6.07 Å². The number of amides is 1. The molecule has 5 heteroatoms. The predicted octanol–water partition coefficient (Wildman–Crippen LogP) is 2.10. The van der Waals surface area contributed by atoms with E-state index in [-0.39, 0.29) is 23.5 Å². The van der Waals surface area contributed by atoms with Gasteiger partial charge in [-0.2, -0.15) is 0 Å². The van der Waals surface area contributed by atoms with Gasteiger partial charge in [0.15, 0.2) is 11.6 Å². The molecule has 2 N–H and O–H groups in total. The van der Waals surface area contributed by atoms with Crippen LogP contribution in [0.15, 0.2) is 24.3 Å². The van der Waals surface area contributed by atoms with E-state index in [1.807, 2.05) is 13.8 Å². The van der Waals surface area contributed by atoms with E-state index < -0.39 is 0 Å². The molecule has 0 aliphatic carbocycles. The third-order valence-electron chi connectivity index (χ3n) is 2.80. The van der Waals surface area contributed by atoms with Gasteiger partial charge in [-0.1, -0.05) is 19.1 Å². The highest BCUT2D eigenvalue weighted by atomic mass is 19.1. The fraction of sp³-hybridized carbons (Fsp3) is 0.533. The molecule has 112 valence electrons. The van der Waals surface area contributed by atoms with Crippen LogP contribution >= 0.6 is 0 Å². The molecule has 0 aliphatic heterocycles. The Kier molecular flexibility index (Phi) is 7.65. The Hall–Kier alpha value is -1.62. The fourth-order valence-corrected chi connectivity index (χ4v) is 1.75. The van der Waals surface area contributed by atoms with Crippen molar-refractivity contribution in [2.75, 3.05) is 19.7 Å². The molecule has 1 aromatic carbocycles. The van der Waals surface area contributed by atoms with Crippen molar-refractivity contribution in [3.63, 3.8) is 0 Å². The van der Waals surface area contributed by atoms with Gasteiger partial charge >= 0.3 is 0 Å². The van der Waals surface area contributed by atoms with Crippen LogP contribution in [-0.4, -0.2) is 31.6 Å². The third-order valence-corrected chi connectivity index (χ3v) is 2.80. The topological polar surface area (TPSA) is 50.4 Å². The van der Waals surface area contributed by atoms with Crippen LogP contribution in [0.25, 0.3) is 0 Å². The molecule has 0 fully saturated rings. The Morgan fingerprint density at radius 2 is 2.15 bits per heavy atom. The zero-order valence-electron chi connectivity index (χ0n) is 12.1. The number of nitrogens with one attached hydrogen (secondary N) is 2. The van der Waals surface area contributed by atoms with Crippen LogP contribution in [0.2, 0.25) is 0 Å². The molecule has 1 amide bonds. The molecule has 0 spiro atoms. The Bertz CT molecular complexity index is 413. The maximum Gasteiger partial charge on any atom is 0.220 e. The summed E-state index contributed by atoms with van der Waals surface area (Å²) in [6.07, 6.45) is 0.947. The van der Waals surface area contributed by atoms with E-state index in [0.717, 1.165) is 6.54 Å². The fourth-order valence-electron chi connectivity index (χ4n) is 1.75. The lowest BCUT2D eigenvalue weighted by Gasteiger charge is -2.13. The van der Waals surface area contributed by atoms with Crippen molar-refractivity contribution in [3.05, 3.63) is 30.1 Å². The maximum atomic E-state index is 13.2. The van der Waals surface area contributed by atoms with Gasteiger partial charge in [-0.25, -0.2) is 4.39 Å². The Morgan fingerprint density at radius 3 is 2.85 bits per heavy atom. The molecular weight excluding hydrogens is 259 g/mol. The third kappa shape index (κ3) is 6.52. The summed E-state index contributed by atoms with van der Waals surface area (Å²) in [5, 5.41) is 6.06. The van der Waals surface area contributed by atoms with Crippen LogP contribution in [0, 0.1) is 5.82 Å². The van der Waals surface area contributed by atoms with Crippen molar-refractivity contribution in [1.29, 1.82) is 0 Å². The summed E-state index contributed by atoms with van der Waals surface area (Å²) in [6, 6.07) is 6.52. The molecule has 4 nitrogen and oxygen atoms in total. The first kappa shape index (κ1) is 16.4. The van der Waals surface area contributed by atoms with Crippen molar-refractivity contribution in [2.45, 2.75) is 32.7 Å². The van der Waals surface area contributed by atoms with Crippen molar-refractivity contribution in [1.82, 2.24) is 10.6 Å². The number of rotatable bonds is 9. The van der Waals surface area contributed by atoms with Gasteiger partial charge in [0.2, 0.25) is 5.91 Å². The van der Waals surface area contributed by atoms with Gasteiger partial charge in [-0.05, 0) is 32.0 Å². The van der Waals surface area contributed by atoms with E-state index in [4.69, 9.17) is 4.74 Å². The molecule has 0 aromatic heterocycles. The normalized spacial score (nSPS) is 11.9. The number of ether oxygens (including phenoxy) is 1. The van der Waals surface area contributed by atoms with Crippen LogP contribution in [0.3, 0.4) is 0 Å². The van der Waals surface area contributed by atoms with Gasteiger partial charge in [-0.3, -0.25) is 4.79 Å². The van der Waals surface area contributed by atoms with Crippen LogP contribution in [-0.2, 0) is 4.79 Å². The highest BCUT2D eigenvalue weighted by Gasteiger charge is 2.05. The lowest BCUT2D eigenvalue weighted by atomic mass is 10.3.